The number of rotatable bonds is 9. The molecule has 0 saturated carbocycles. The molecule has 158 valence electrons. The number of benzene rings is 1. The van der Waals surface area contributed by atoms with Crippen molar-refractivity contribution in [3.63, 3.8) is 0 Å². The summed E-state index contributed by atoms with van der Waals surface area (Å²) >= 11 is 0. The van der Waals surface area contributed by atoms with Gasteiger partial charge in [0.05, 0.1) is 30.7 Å². The van der Waals surface area contributed by atoms with Gasteiger partial charge in [-0.15, -0.1) is 0 Å². The zero-order chi connectivity index (χ0) is 21.5. The molecule has 0 N–H and O–H groups in total. The van der Waals surface area contributed by atoms with E-state index in [0.29, 0.717) is 30.8 Å². The zero-order valence-electron chi connectivity index (χ0n) is 17.5. The molecule has 0 bridgehead atoms. The van der Waals surface area contributed by atoms with Crippen LogP contribution in [0.25, 0.3) is 11.2 Å². The maximum Gasteiger partial charge on any atom is 0.255 e. The molecule has 0 spiro atoms. The Labute approximate surface area is 181 Å². The van der Waals surface area contributed by atoms with Crippen molar-refractivity contribution in [2.45, 2.75) is 19.5 Å². The Balaban J connectivity index is 1.51. The van der Waals surface area contributed by atoms with Crippen LogP contribution in [0.15, 0.2) is 73.3 Å². The molecule has 0 unspecified atom stereocenters. The summed E-state index contributed by atoms with van der Waals surface area (Å²) in [6, 6.07) is 17.8. The lowest BCUT2D eigenvalue weighted by Crippen LogP contribution is -2.33. The third-order valence-corrected chi connectivity index (χ3v) is 5.12. The maximum absolute atomic E-state index is 13.2. The van der Waals surface area contributed by atoms with Crippen molar-refractivity contribution in [2.24, 2.45) is 0 Å². The van der Waals surface area contributed by atoms with E-state index in [1.165, 1.54) is 5.56 Å². The summed E-state index contributed by atoms with van der Waals surface area (Å²) in [6.07, 6.45) is 6.03. The Kier molecular flexibility index (Phi) is 6.64. The largest absolute Gasteiger partial charge is 0.383 e. The second-order valence-electron chi connectivity index (χ2n) is 7.28. The second kappa shape index (κ2) is 9.95. The summed E-state index contributed by atoms with van der Waals surface area (Å²) in [5.74, 6) is -0.115. The number of aryl methyl sites for hydroxylation is 2. The number of imidazole rings is 1. The minimum absolute atomic E-state index is 0.115. The van der Waals surface area contributed by atoms with Gasteiger partial charge in [-0.05, 0) is 30.2 Å². The Hall–Kier alpha value is -3.58. The van der Waals surface area contributed by atoms with E-state index in [9.17, 15) is 4.79 Å². The van der Waals surface area contributed by atoms with Crippen molar-refractivity contribution in [1.82, 2.24) is 24.4 Å². The van der Waals surface area contributed by atoms with Crippen LogP contribution in [0.4, 0.5) is 0 Å². The highest BCUT2D eigenvalue weighted by molar-refractivity contribution is 5.96. The average Bonchev–Trinajstić information content (AvgIpc) is 3.23. The van der Waals surface area contributed by atoms with E-state index < -0.39 is 0 Å². The highest BCUT2D eigenvalue weighted by Crippen LogP contribution is 2.16. The summed E-state index contributed by atoms with van der Waals surface area (Å²) in [5, 5.41) is 0. The van der Waals surface area contributed by atoms with E-state index >= 15 is 0 Å². The van der Waals surface area contributed by atoms with Gasteiger partial charge in [0.25, 0.3) is 5.91 Å². The van der Waals surface area contributed by atoms with Gasteiger partial charge in [-0.1, -0.05) is 36.4 Å². The number of aromatic nitrogens is 4. The Morgan fingerprint density at radius 1 is 1.06 bits per heavy atom. The fourth-order valence-corrected chi connectivity index (χ4v) is 3.45. The molecule has 1 aromatic carbocycles. The average molecular weight is 415 g/mol. The minimum Gasteiger partial charge on any atom is -0.383 e. The van der Waals surface area contributed by atoms with Crippen LogP contribution in [0.2, 0.25) is 0 Å². The van der Waals surface area contributed by atoms with Gasteiger partial charge >= 0.3 is 0 Å². The van der Waals surface area contributed by atoms with Crippen molar-refractivity contribution in [1.29, 1.82) is 0 Å². The fraction of sp³-hybridized carbons (Fsp3) is 0.250. The number of pyridine rings is 2. The monoisotopic (exact) mass is 415 g/mol. The number of amides is 1. The van der Waals surface area contributed by atoms with E-state index in [1.54, 1.807) is 30.7 Å². The minimum atomic E-state index is -0.115. The highest BCUT2D eigenvalue weighted by atomic mass is 16.5. The molecule has 1 amide bonds. The van der Waals surface area contributed by atoms with E-state index in [2.05, 4.69) is 27.1 Å². The van der Waals surface area contributed by atoms with Gasteiger partial charge in [-0.3, -0.25) is 9.78 Å². The van der Waals surface area contributed by atoms with Gasteiger partial charge in [0.15, 0.2) is 5.65 Å². The SMILES string of the molecule is COCCN(Cc1ccccn1)C(=O)c1cnc2c(c1)ncn2CCc1ccccc1. The Morgan fingerprint density at radius 2 is 1.90 bits per heavy atom. The molecule has 7 nitrogen and oxygen atoms in total. The van der Waals surface area contributed by atoms with Gasteiger partial charge < -0.3 is 14.2 Å². The van der Waals surface area contributed by atoms with Crippen molar-refractivity contribution >= 4 is 17.1 Å². The Morgan fingerprint density at radius 3 is 2.68 bits per heavy atom. The molecule has 0 aliphatic heterocycles. The van der Waals surface area contributed by atoms with E-state index in [-0.39, 0.29) is 5.91 Å². The van der Waals surface area contributed by atoms with Gasteiger partial charge in [-0.2, -0.15) is 0 Å². The molecule has 3 heterocycles. The molecule has 0 atom stereocenters. The van der Waals surface area contributed by atoms with Crippen molar-refractivity contribution in [3.05, 3.63) is 90.1 Å². The number of hydrogen-bond donors (Lipinski definition) is 0. The molecule has 0 aliphatic carbocycles. The molecule has 4 aromatic rings. The lowest BCUT2D eigenvalue weighted by atomic mass is 10.1. The number of nitrogens with zero attached hydrogens (tertiary/aromatic N) is 5. The third kappa shape index (κ3) is 5.13. The van der Waals surface area contributed by atoms with Crippen LogP contribution in [0, 0.1) is 0 Å². The number of methoxy groups -OCH3 is 1. The molecular weight excluding hydrogens is 390 g/mol. The zero-order valence-corrected chi connectivity index (χ0v) is 17.5. The summed E-state index contributed by atoms with van der Waals surface area (Å²) in [6.45, 7) is 2.10. The van der Waals surface area contributed by atoms with Crippen molar-refractivity contribution < 1.29 is 9.53 Å². The molecule has 0 radical (unpaired) electrons. The molecule has 3 aromatic heterocycles. The molecular formula is C24H25N5O2. The maximum atomic E-state index is 13.2. The topological polar surface area (TPSA) is 73.1 Å². The van der Waals surface area contributed by atoms with E-state index in [1.807, 2.05) is 47.0 Å². The highest BCUT2D eigenvalue weighted by Gasteiger charge is 2.18. The standard InChI is InChI=1S/C24H25N5O2/c1-31-14-13-28(17-21-9-5-6-11-25-21)24(30)20-15-22-23(26-16-20)29(18-27-22)12-10-19-7-3-2-4-8-19/h2-9,11,15-16,18H,10,12-14,17H2,1H3. The normalized spacial score (nSPS) is 11.0. The third-order valence-electron chi connectivity index (χ3n) is 5.12. The second-order valence-corrected chi connectivity index (χ2v) is 7.28. The number of ether oxygens (including phenoxy) is 1. The van der Waals surface area contributed by atoms with E-state index in [0.717, 1.165) is 24.3 Å². The predicted octanol–water partition coefficient (Wildman–Crippen LogP) is 3.36. The lowest BCUT2D eigenvalue weighted by Gasteiger charge is -2.22. The summed E-state index contributed by atoms with van der Waals surface area (Å²) in [4.78, 5) is 28.3. The van der Waals surface area contributed by atoms with E-state index in [4.69, 9.17) is 4.74 Å². The van der Waals surface area contributed by atoms with Crippen LogP contribution in [-0.2, 0) is 24.2 Å². The van der Waals surface area contributed by atoms with Crippen molar-refractivity contribution in [2.75, 3.05) is 20.3 Å². The smallest absolute Gasteiger partial charge is 0.255 e. The first-order valence-electron chi connectivity index (χ1n) is 10.3. The number of fused-ring (bicyclic) bond motifs is 1. The van der Waals surface area contributed by atoms with Crippen LogP contribution in [0.3, 0.4) is 0 Å². The first-order valence-corrected chi connectivity index (χ1v) is 10.3. The van der Waals surface area contributed by atoms with Crippen molar-refractivity contribution in [3.8, 4) is 0 Å². The van der Waals surface area contributed by atoms with Gasteiger partial charge in [0.2, 0.25) is 0 Å². The van der Waals surface area contributed by atoms with Crippen LogP contribution < -0.4 is 0 Å². The molecule has 0 fully saturated rings. The van der Waals surface area contributed by atoms with Crippen LogP contribution in [0.1, 0.15) is 21.6 Å². The quantitative estimate of drug-likeness (QED) is 0.419. The first kappa shape index (κ1) is 20.7. The first-order chi connectivity index (χ1) is 15.2. The van der Waals surface area contributed by atoms with Gasteiger partial charge in [0, 0.05) is 32.6 Å². The number of carbonyl (C=O) groups is 1. The summed E-state index contributed by atoms with van der Waals surface area (Å²) in [7, 11) is 1.62. The number of hydrogen-bond acceptors (Lipinski definition) is 5. The summed E-state index contributed by atoms with van der Waals surface area (Å²) < 4.78 is 7.21. The number of carbonyl (C=O) groups excluding carboxylic acids is 1. The lowest BCUT2D eigenvalue weighted by molar-refractivity contribution is 0.0677. The fourth-order valence-electron chi connectivity index (χ4n) is 3.45. The molecule has 0 saturated heterocycles. The molecule has 0 aliphatic rings. The predicted molar refractivity (Wildman–Crippen MR) is 119 cm³/mol. The van der Waals surface area contributed by atoms with Gasteiger partial charge in [-0.25, -0.2) is 9.97 Å². The van der Waals surface area contributed by atoms with Crippen LogP contribution >= 0.6 is 0 Å². The van der Waals surface area contributed by atoms with Gasteiger partial charge in [0.1, 0.15) is 5.52 Å². The summed E-state index contributed by atoms with van der Waals surface area (Å²) in [5.41, 5.74) is 4.09. The molecule has 31 heavy (non-hydrogen) atoms. The van der Waals surface area contributed by atoms with Crippen LogP contribution in [-0.4, -0.2) is 50.6 Å². The molecule has 7 heteroatoms. The van der Waals surface area contributed by atoms with Crippen LogP contribution in [0.5, 0.6) is 0 Å². The molecule has 4 rings (SSSR count). The Bertz CT molecular complexity index is 1130.